The number of rotatable bonds is 4. The van der Waals surface area contributed by atoms with Crippen LogP contribution in [-0.2, 0) is 9.47 Å². The number of fused-ring (bicyclic) bond motifs is 6. The molecule has 10 heteroatoms. The van der Waals surface area contributed by atoms with Gasteiger partial charge in [-0.15, -0.1) is 0 Å². The van der Waals surface area contributed by atoms with Crippen molar-refractivity contribution in [2.45, 2.75) is 64.6 Å². The molecule has 252 valence electrons. The predicted molar refractivity (Wildman–Crippen MR) is 190 cm³/mol. The van der Waals surface area contributed by atoms with Crippen molar-refractivity contribution in [2.75, 3.05) is 35.3 Å². The molecule has 2 aliphatic carbocycles. The molecule has 0 spiro atoms. The first-order valence-electron chi connectivity index (χ1n) is 15.9. The average Bonchev–Trinajstić information content (AvgIpc) is 3.45. The number of nitrogen functional groups attached to an aromatic ring is 2. The molecule has 6 rings (SSSR count). The molecule has 0 fully saturated rings. The van der Waals surface area contributed by atoms with Crippen LogP contribution in [-0.4, -0.2) is 46.8 Å². The van der Waals surface area contributed by atoms with Crippen LogP contribution in [0.1, 0.15) is 75.6 Å². The summed E-state index contributed by atoms with van der Waals surface area (Å²) in [7, 11) is 0. The van der Waals surface area contributed by atoms with Gasteiger partial charge < -0.3 is 31.2 Å². The minimum absolute atomic E-state index is 0.00741. The molecule has 0 saturated heterocycles. The number of aliphatic hydroxyl groups excluding tert-OH is 2. The van der Waals surface area contributed by atoms with Crippen molar-refractivity contribution >= 4 is 34.9 Å². The van der Waals surface area contributed by atoms with Gasteiger partial charge in [0.2, 0.25) is 0 Å². The smallest absolute Gasteiger partial charge is 0.412 e. The molecule has 0 heterocycles. The highest BCUT2D eigenvalue weighted by Crippen LogP contribution is 2.47. The van der Waals surface area contributed by atoms with E-state index in [0.29, 0.717) is 11.4 Å². The van der Waals surface area contributed by atoms with Crippen molar-refractivity contribution < 1.29 is 29.3 Å². The number of benzene rings is 4. The van der Waals surface area contributed by atoms with E-state index in [1.54, 1.807) is 53.7 Å². The van der Waals surface area contributed by atoms with Gasteiger partial charge in [-0.3, -0.25) is 10.6 Å². The normalized spacial score (nSPS) is 13.3. The van der Waals surface area contributed by atoms with Gasteiger partial charge in [0.15, 0.2) is 0 Å². The number of amides is 2. The highest BCUT2D eigenvalue weighted by molar-refractivity contribution is 5.90. The summed E-state index contributed by atoms with van der Waals surface area (Å²) in [5, 5.41) is 25.1. The van der Waals surface area contributed by atoms with Crippen molar-refractivity contribution in [1.29, 1.82) is 0 Å². The molecule has 2 amide bonds. The molecule has 0 radical (unpaired) electrons. The Labute approximate surface area is 281 Å². The van der Waals surface area contributed by atoms with Crippen molar-refractivity contribution in [3.63, 3.8) is 0 Å². The fourth-order valence-corrected chi connectivity index (χ4v) is 6.15. The second-order valence-corrected chi connectivity index (χ2v) is 14.0. The minimum atomic E-state index is -0.595. The maximum Gasteiger partial charge on any atom is 0.412 e. The number of hydrogen-bond donors (Lipinski definition) is 6. The molecule has 0 aromatic heterocycles. The zero-order chi connectivity index (χ0) is 35.0. The summed E-state index contributed by atoms with van der Waals surface area (Å²) in [5.74, 6) is -0.280. The van der Waals surface area contributed by atoms with Crippen LogP contribution in [0.2, 0.25) is 0 Å². The van der Waals surface area contributed by atoms with Gasteiger partial charge in [-0.2, -0.15) is 0 Å². The van der Waals surface area contributed by atoms with E-state index < -0.39 is 23.4 Å². The van der Waals surface area contributed by atoms with E-state index in [0.717, 1.165) is 55.9 Å². The van der Waals surface area contributed by atoms with Gasteiger partial charge in [0.25, 0.3) is 0 Å². The largest absolute Gasteiger partial charge is 0.444 e. The Balaban J connectivity index is 0.000000221. The number of nitrogens with one attached hydrogen (secondary N) is 2. The summed E-state index contributed by atoms with van der Waals surface area (Å²) in [6.45, 7) is 10.8. The third kappa shape index (κ3) is 7.56. The second kappa shape index (κ2) is 13.2. The van der Waals surface area contributed by atoms with Crippen LogP contribution in [0.15, 0.2) is 72.8 Å². The minimum Gasteiger partial charge on any atom is -0.444 e. The van der Waals surface area contributed by atoms with E-state index in [9.17, 15) is 19.8 Å². The van der Waals surface area contributed by atoms with Crippen LogP contribution in [0.5, 0.6) is 0 Å². The van der Waals surface area contributed by atoms with Crippen molar-refractivity contribution in [2.24, 2.45) is 0 Å². The number of carbonyl (C=O) groups excluding carboxylic acids is 2. The second-order valence-electron chi connectivity index (χ2n) is 14.0. The summed E-state index contributed by atoms with van der Waals surface area (Å²) < 4.78 is 10.6. The van der Waals surface area contributed by atoms with Gasteiger partial charge in [-0.1, -0.05) is 24.3 Å². The van der Waals surface area contributed by atoms with Crippen LogP contribution >= 0.6 is 0 Å². The summed E-state index contributed by atoms with van der Waals surface area (Å²) in [6.07, 6.45) is -1.07. The Morgan fingerprint density at radius 1 is 0.583 bits per heavy atom. The molecule has 0 aliphatic heterocycles. The molecule has 48 heavy (non-hydrogen) atoms. The fourth-order valence-electron chi connectivity index (χ4n) is 6.15. The molecule has 0 bridgehead atoms. The number of anilines is 4. The first-order valence-corrected chi connectivity index (χ1v) is 15.9. The van der Waals surface area contributed by atoms with E-state index in [-0.39, 0.29) is 25.0 Å². The maximum absolute atomic E-state index is 12.1. The van der Waals surface area contributed by atoms with Crippen LogP contribution < -0.4 is 22.1 Å². The lowest BCUT2D eigenvalue weighted by Gasteiger charge is -2.20. The Hall–Kier alpha value is -5.06. The van der Waals surface area contributed by atoms with Crippen molar-refractivity contribution in [3.8, 4) is 22.3 Å². The lowest BCUT2D eigenvalue weighted by Crippen LogP contribution is -2.27. The highest BCUT2D eigenvalue weighted by atomic mass is 16.6. The van der Waals surface area contributed by atoms with Crippen molar-refractivity contribution in [3.05, 3.63) is 95.1 Å². The monoisotopic (exact) mass is 652 g/mol. The average molecular weight is 653 g/mol. The molecular weight excluding hydrogens is 608 g/mol. The third-order valence-electron chi connectivity index (χ3n) is 7.99. The molecule has 0 unspecified atom stereocenters. The van der Waals surface area contributed by atoms with Crippen LogP contribution in [0, 0.1) is 0 Å². The van der Waals surface area contributed by atoms with E-state index >= 15 is 0 Å². The van der Waals surface area contributed by atoms with Gasteiger partial charge in [0.1, 0.15) is 11.2 Å². The third-order valence-corrected chi connectivity index (χ3v) is 7.99. The maximum atomic E-state index is 12.1. The van der Waals surface area contributed by atoms with Gasteiger partial charge in [0, 0.05) is 34.6 Å². The molecular formula is C38H44N4O6. The molecule has 4 aromatic rings. The molecule has 4 aromatic carbocycles. The van der Waals surface area contributed by atoms with Gasteiger partial charge in [0.05, 0.1) is 13.2 Å². The number of aliphatic hydroxyl groups is 2. The lowest BCUT2D eigenvalue weighted by atomic mass is 9.97. The quantitative estimate of drug-likeness (QED) is 0.124. The standard InChI is InChI=1S/C24H30N2O5.C14H14N2O/c1-23(2,3)30-21(28)25-14-7-9-16-17-10-8-15(26-22(29)31-24(4,5)6)12-19(17)20(13-27)18(16)11-14;15-8-1-3-10-11-4-2-9(16)6-13(11)14(7-17)12(10)5-8/h7-12,20,27H,13H2,1-6H3,(H,25,28)(H,26,29);1-6,14,17H,7,15-16H2. The van der Waals surface area contributed by atoms with Crippen LogP contribution in [0.25, 0.3) is 22.3 Å². The highest BCUT2D eigenvalue weighted by Gasteiger charge is 2.30. The van der Waals surface area contributed by atoms with Gasteiger partial charge in [-0.25, -0.2) is 9.59 Å². The van der Waals surface area contributed by atoms with E-state index in [4.69, 9.17) is 20.9 Å². The SMILES string of the molecule is CC(C)(C)OC(=O)Nc1ccc2c(c1)C(CO)c1cc(NC(=O)OC(C)(C)C)ccc1-2.Nc1ccc2c(c1)C(CO)c1cc(N)ccc1-2. The van der Waals surface area contributed by atoms with Crippen LogP contribution in [0.4, 0.5) is 32.3 Å². The molecule has 0 atom stereocenters. The molecule has 0 saturated carbocycles. The summed E-state index contributed by atoms with van der Waals surface area (Å²) in [6, 6.07) is 22.8. The lowest BCUT2D eigenvalue weighted by molar-refractivity contribution is 0.0624. The van der Waals surface area contributed by atoms with E-state index in [2.05, 4.69) is 10.6 Å². The number of carbonyl (C=O) groups is 2. The van der Waals surface area contributed by atoms with Gasteiger partial charge >= 0.3 is 12.2 Å². The number of hydrogen-bond acceptors (Lipinski definition) is 8. The summed E-state index contributed by atoms with van der Waals surface area (Å²) in [5.41, 5.74) is 21.3. The zero-order valence-electron chi connectivity index (χ0n) is 28.2. The molecule has 2 aliphatic rings. The summed E-state index contributed by atoms with van der Waals surface area (Å²) >= 11 is 0. The van der Waals surface area contributed by atoms with Crippen LogP contribution in [0.3, 0.4) is 0 Å². The van der Waals surface area contributed by atoms with Gasteiger partial charge in [-0.05, 0) is 135 Å². The van der Waals surface area contributed by atoms with E-state index in [1.807, 2.05) is 60.7 Å². The Morgan fingerprint density at radius 3 is 1.21 bits per heavy atom. The number of ether oxygens (including phenoxy) is 2. The Morgan fingerprint density at radius 2 is 0.896 bits per heavy atom. The first-order chi connectivity index (χ1) is 22.6. The molecule has 10 nitrogen and oxygen atoms in total. The molecule has 8 N–H and O–H groups in total. The Bertz CT molecular complexity index is 1730. The summed E-state index contributed by atoms with van der Waals surface area (Å²) in [4.78, 5) is 24.2. The van der Waals surface area contributed by atoms with Crippen molar-refractivity contribution in [1.82, 2.24) is 0 Å². The fraction of sp³-hybridized carbons (Fsp3) is 0.316. The first kappa shape index (κ1) is 34.3. The topological polar surface area (TPSA) is 169 Å². The predicted octanol–water partition coefficient (Wildman–Crippen LogP) is 7.44. The van der Waals surface area contributed by atoms with E-state index in [1.165, 1.54) is 0 Å². The Kier molecular flexibility index (Phi) is 9.44. The number of nitrogens with two attached hydrogens (primary N) is 2. The zero-order valence-corrected chi connectivity index (χ0v) is 28.2.